The number of para-hydroxylation sites is 2. The molecule has 0 bridgehead atoms. The molecule has 0 aliphatic heterocycles. The van der Waals surface area contributed by atoms with E-state index in [0.29, 0.717) is 22.5 Å². The minimum atomic E-state index is -2.40. The number of imidazole rings is 1. The number of hydrogen-bond acceptors (Lipinski definition) is 3. The van der Waals surface area contributed by atoms with Crippen LogP contribution in [0, 0.1) is 19.8 Å². The average molecular weight is 949 g/mol. The topological polar surface area (TPSA) is 50.9 Å². The molecular weight excluding hydrogens is 902 g/mol. The van der Waals surface area contributed by atoms with Crippen molar-refractivity contribution in [3.63, 3.8) is 0 Å². The SMILES string of the molecule is [2H]C([2H])([2H])c1cc(-c2ccccc2)c(-n2c(-c3ccccc3O)nc3c(-c4[c-]c(-c5cc(-c6ccc(C)cc6)ccn5)cc(C(C)(C)C)c4)cccc32)cc1-c1ccccc1.[Pt]. The van der Waals surface area contributed by atoms with Crippen molar-refractivity contribution in [3.05, 3.63) is 193 Å². The van der Waals surface area contributed by atoms with Gasteiger partial charge in [-0.15, -0.1) is 29.3 Å². The summed E-state index contributed by atoms with van der Waals surface area (Å²) in [4.78, 5) is 10.3. The van der Waals surface area contributed by atoms with Gasteiger partial charge in [0.25, 0.3) is 0 Å². The number of rotatable bonds is 7. The van der Waals surface area contributed by atoms with E-state index in [1.807, 2.05) is 103 Å². The van der Waals surface area contributed by atoms with Gasteiger partial charge < -0.3 is 5.11 Å². The molecule has 2 heterocycles. The van der Waals surface area contributed by atoms with E-state index in [4.69, 9.17) is 14.1 Å². The molecule has 59 heavy (non-hydrogen) atoms. The predicted molar refractivity (Wildman–Crippen MR) is 240 cm³/mol. The third kappa shape index (κ3) is 7.69. The van der Waals surface area contributed by atoms with Crippen molar-refractivity contribution in [1.29, 1.82) is 0 Å². The quantitative estimate of drug-likeness (QED) is 0.162. The molecule has 0 aliphatic carbocycles. The van der Waals surface area contributed by atoms with Crippen molar-refractivity contribution in [1.82, 2.24) is 14.5 Å². The van der Waals surface area contributed by atoms with Crippen LogP contribution in [0.4, 0.5) is 0 Å². The first-order chi connectivity index (χ1) is 29.3. The first-order valence-corrected chi connectivity index (χ1v) is 19.5. The van der Waals surface area contributed by atoms with Gasteiger partial charge >= 0.3 is 0 Å². The Bertz CT molecular complexity index is 3060. The van der Waals surface area contributed by atoms with E-state index < -0.39 is 6.85 Å². The second-order valence-electron chi connectivity index (χ2n) is 15.9. The number of aromatic nitrogens is 3. The van der Waals surface area contributed by atoms with Crippen LogP contribution in [-0.4, -0.2) is 19.6 Å². The Balaban J connectivity index is 0.00000529. The van der Waals surface area contributed by atoms with Crippen LogP contribution in [0.25, 0.3) is 83.9 Å². The van der Waals surface area contributed by atoms with Gasteiger partial charge in [0.1, 0.15) is 11.6 Å². The maximum absolute atomic E-state index is 11.5. The molecular formula is C54H44N3OPt-. The zero-order chi connectivity index (χ0) is 42.5. The van der Waals surface area contributed by atoms with Gasteiger partial charge in [-0.1, -0.05) is 153 Å². The van der Waals surface area contributed by atoms with Gasteiger partial charge in [-0.2, -0.15) is 0 Å². The second-order valence-corrected chi connectivity index (χ2v) is 15.9. The molecule has 9 aromatic rings. The van der Waals surface area contributed by atoms with Gasteiger partial charge in [-0.05, 0) is 89.0 Å². The van der Waals surface area contributed by atoms with Crippen LogP contribution < -0.4 is 0 Å². The molecule has 0 atom stereocenters. The maximum Gasteiger partial charge on any atom is 0.148 e. The van der Waals surface area contributed by atoms with Crippen LogP contribution in [0.15, 0.2) is 170 Å². The Morgan fingerprint density at radius 1 is 0.610 bits per heavy atom. The first-order valence-electron chi connectivity index (χ1n) is 21.0. The molecule has 0 saturated heterocycles. The average Bonchev–Trinajstić information content (AvgIpc) is 3.66. The monoisotopic (exact) mass is 948 g/mol. The van der Waals surface area contributed by atoms with E-state index >= 15 is 0 Å². The van der Waals surface area contributed by atoms with Gasteiger partial charge in [0, 0.05) is 42.6 Å². The summed E-state index contributed by atoms with van der Waals surface area (Å²) in [7, 11) is 0. The molecule has 0 radical (unpaired) electrons. The summed E-state index contributed by atoms with van der Waals surface area (Å²) >= 11 is 0. The van der Waals surface area contributed by atoms with E-state index in [1.54, 1.807) is 18.2 Å². The second kappa shape index (κ2) is 16.1. The molecule has 0 unspecified atom stereocenters. The number of aromatic hydroxyl groups is 1. The number of phenolic OH excluding ortho intramolecular Hbond substituents is 1. The number of aryl methyl sites for hydroxylation is 2. The number of phenols is 1. The van der Waals surface area contributed by atoms with Crippen molar-refractivity contribution in [2.75, 3.05) is 0 Å². The van der Waals surface area contributed by atoms with Crippen molar-refractivity contribution < 1.29 is 30.3 Å². The third-order valence-electron chi connectivity index (χ3n) is 10.8. The molecule has 0 fully saturated rings. The number of hydrogen-bond donors (Lipinski definition) is 1. The Morgan fingerprint density at radius 3 is 1.97 bits per heavy atom. The summed E-state index contributed by atoms with van der Waals surface area (Å²) < 4.78 is 28.2. The summed E-state index contributed by atoms with van der Waals surface area (Å²) in [5.74, 6) is 0.588. The van der Waals surface area contributed by atoms with Crippen LogP contribution in [0.5, 0.6) is 5.75 Å². The van der Waals surface area contributed by atoms with E-state index in [1.165, 1.54) is 5.56 Å². The molecule has 0 spiro atoms. The largest absolute Gasteiger partial charge is 0.507 e. The predicted octanol–water partition coefficient (Wildman–Crippen LogP) is 13.8. The summed E-state index contributed by atoms with van der Waals surface area (Å²) in [5.41, 5.74) is 13.6. The summed E-state index contributed by atoms with van der Waals surface area (Å²) in [6.45, 7) is 6.30. The minimum Gasteiger partial charge on any atom is -0.507 e. The summed E-state index contributed by atoms with van der Waals surface area (Å²) in [6, 6.07) is 57.4. The van der Waals surface area contributed by atoms with Crippen molar-refractivity contribution in [2.24, 2.45) is 0 Å². The van der Waals surface area contributed by atoms with Gasteiger partial charge in [0.15, 0.2) is 0 Å². The summed E-state index contributed by atoms with van der Waals surface area (Å²) in [6.07, 6.45) is 1.86. The van der Waals surface area contributed by atoms with Crippen LogP contribution in [-0.2, 0) is 26.5 Å². The van der Waals surface area contributed by atoms with Crippen LogP contribution in [0.3, 0.4) is 0 Å². The fourth-order valence-electron chi connectivity index (χ4n) is 7.67. The van der Waals surface area contributed by atoms with Gasteiger partial charge in [0.2, 0.25) is 0 Å². The molecule has 0 aliphatic rings. The van der Waals surface area contributed by atoms with Crippen LogP contribution in [0.1, 0.15) is 41.6 Å². The standard InChI is InChI=1S/C54H44N3O.Pt/c1-35-23-25-37(26-24-35)40-27-28-55-48(33-40)42-30-41(31-43(32-42)54(3,4)5)44-20-14-21-49-52(44)56-53(45-19-12-13-22-51(45)58)57(49)50-34-46(38-15-8-6-9-16-38)36(2)29-47(50)39-17-10-7-11-18-39;/h6-29,31-34,58H,1-5H3;/q-1;/i2D3;. The van der Waals surface area contributed by atoms with E-state index in [2.05, 4.69) is 86.9 Å². The van der Waals surface area contributed by atoms with E-state index in [9.17, 15) is 5.11 Å². The minimum absolute atomic E-state index is 0. The fourth-order valence-corrected chi connectivity index (χ4v) is 7.67. The first kappa shape index (κ1) is 35.8. The smallest absolute Gasteiger partial charge is 0.148 e. The Hall–Kier alpha value is -6.35. The molecule has 1 N–H and O–H groups in total. The van der Waals surface area contributed by atoms with Crippen LogP contribution >= 0.6 is 0 Å². The molecule has 0 amide bonds. The Labute approximate surface area is 365 Å². The summed E-state index contributed by atoms with van der Waals surface area (Å²) in [5, 5.41) is 11.5. The molecule has 2 aromatic heterocycles. The third-order valence-corrected chi connectivity index (χ3v) is 10.8. The number of nitrogens with zero attached hydrogens (tertiary/aromatic N) is 3. The zero-order valence-electron chi connectivity index (χ0n) is 36.3. The maximum atomic E-state index is 11.5. The van der Waals surface area contributed by atoms with Gasteiger partial charge in [-0.3, -0.25) is 9.55 Å². The number of benzene rings is 7. The van der Waals surface area contributed by atoms with Gasteiger partial charge in [-0.25, -0.2) is 4.98 Å². The number of fused-ring (bicyclic) bond motifs is 1. The van der Waals surface area contributed by atoms with Crippen molar-refractivity contribution in [2.45, 2.75) is 40.0 Å². The molecule has 0 saturated carbocycles. The van der Waals surface area contributed by atoms with Crippen molar-refractivity contribution >= 4 is 11.0 Å². The van der Waals surface area contributed by atoms with E-state index in [-0.39, 0.29) is 37.8 Å². The van der Waals surface area contributed by atoms with Gasteiger partial charge in [0.05, 0.1) is 22.3 Å². The number of pyridine rings is 1. The molecule has 5 heteroatoms. The van der Waals surface area contributed by atoms with Crippen molar-refractivity contribution in [3.8, 4) is 78.6 Å². The zero-order valence-corrected chi connectivity index (χ0v) is 35.5. The Morgan fingerprint density at radius 2 is 1.27 bits per heavy atom. The molecule has 7 aromatic carbocycles. The normalized spacial score (nSPS) is 12.4. The molecule has 4 nitrogen and oxygen atoms in total. The fraction of sp³-hybridized carbons (Fsp3) is 0.111. The van der Waals surface area contributed by atoms with E-state index in [0.717, 1.165) is 67.0 Å². The Kier molecular flexibility index (Phi) is 9.78. The van der Waals surface area contributed by atoms with Crippen LogP contribution in [0.2, 0.25) is 0 Å². The molecule has 9 rings (SSSR count). The molecule has 292 valence electrons.